The number of amides is 1. The average molecular weight is 360 g/mol. The number of carbonyl (C=O) groups excluding carboxylic acids is 1. The van der Waals surface area contributed by atoms with Crippen molar-refractivity contribution in [3.05, 3.63) is 33.8 Å². The standard InChI is InChI=1S/C14H18BrNO3S/c1-4-12(8-20-3)16(2)13(17)9-5-10(14(18)19)7-11(15)6-9/h5-7,12H,4,8H2,1-3H3,(H,18,19). The van der Waals surface area contributed by atoms with Gasteiger partial charge in [0.25, 0.3) is 5.91 Å². The molecule has 0 fully saturated rings. The van der Waals surface area contributed by atoms with Gasteiger partial charge in [-0.2, -0.15) is 11.8 Å². The van der Waals surface area contributed by atoms with E-state index >= 15 is 0 Å². The number of carboxylic acid groups (broad SMARTS) is 1. The lowest BCUT2D eigenvalue weighted by Crippen LogP contribution is -2.38. The van der Waals surface area contributed by atoms with Crippen molar-refractivity contribution >= 4 is 39.6 Å². The summed E-state index contributed by atoms with van der Waals surface area (Å²) in [5, 5.41) is 9.04. The summed E-state index contributed by atoms with van der Waals surface area (Å²) in [4.78, 5) is 25.2. The number of hydrogen-bond donors (Lipinski definition) is 1. The fourth-order valence-electron chi connectivity index (χ4n) is 1.90. The summed E-state index contributed by atoms with van der Waals surface area (Å²) in [5.41, 5.74) is 0.493. The van der Waals surface area contributed by atoms with E-state index in [4.69, 9.17) is 5.11 Å². The number of carbonyl (C=O) groups is 2. The van der Waals surface area contributed by atoms with Crippen molar-refractivity contribution in [3.63, 3.8) is 0 Å². The van der Waals surface area contributed by atoms with Gasteiger partial charge in [-0.25, -0.2) is 4.79 Å². The fraction of sp³-hybridized carbons (Fsp3) is 0.429. The number of benzene rings is 1. The van der Waals surface area contributed by atoms with Gasteiger partial charge in [-0.15, -0.1) is 0 Å². The van der Waals surface area contributed by atoms with E-state index in [1.54, 1.807) is 29.8 Å². The smallest absolute Gasteiger partial charge is 0.335 e. The van der Waals surface area contributed by atoms with E-state index in [1.807, 2.05) is 13.2 Å². The number of hydrogen-bond acceptors (Lipinski definition) is 3. The van der Waals surface area contributed by atoms with Gasteiger partial charge in [0.2, 0.25) is 0 Å². The van der Waals surface area contributed by atoms with Crippen LogP contribution in [-0.2, 0) is 0 Å². The monoisotopic (exact) mass is 359 g/mol. The average Bonchev–Trinajstić information content (AvgIpc) is 2.42. The van der Waals surface area contributed by atoms with Crippen LogP contribution in [-0.4, -0.2) is 47.0 Å². The molecular weight excluding hydrogens is 342 g/mol. The predicted octanol–water partition coefficient (Wildman–Crippen LogP) is 3.36. The van der Waals surface area contributed by atoms with Crippen molar-refractivity contribution in [1.29, 1.82) is 0 Å². The molecular formula is C14H18BrNO3S. The Hall–Kier alpha value is -1.01. The van der Waals surface area contributed by atoms with Crippen LogP contribution in [0.25, 0.3) is 0 Å². The number of thioether (sulfide) groups is 1. The topological polar surface area (TPSA) is 57.6 Å². The molecule has 0 spiro atoms. The van der Waals surface area contributed by atoms with Crippen molar-refractivity contribution in [3.8, 4) is 0 Å². The van der Waals surface area contributed by atoms with Gasteiger partial charge < -0.3 is 10.0 Å². The van der Waals surface area contributed by atoms with Crippen molar-refractivity contribution in [2.45, 2.75) is 19.4 Å². The molecule has 1 unspecified atom stereocenters. The Morgan fingerprint density at radius 1 is 1.35 bits per heavy atom. The van der Waals surface area contributed by atoms with E-state index in [1.165, 1.54) is 12.1 Å². The van der Waals surface area contributed by atoms with Gasteiger partial charge in [0.05, 0.1) is 5.56 Å². The van der Waals surface area contributed by atoms with Crippen molar-refractivity contribution in [1.82, 2.24) is 4.90 Å². The molecule has 0 saturated carbocycles. The minimum absolute atomic E-state index is 0.106. The third-order valence-electron chi connectivity index (χ3n) is 3.09. The summed E-state index contributed by atoms with van der Waals surface area (Å²) in [6.45, 7) is 2.04. The molecule has 110 valence electrons. The number of halogens is 1. The molecule has 20 heavy (non-hydrogen) atoms. The molecule has 0 radical (unpaired) electrons. The molecule has 0 aliphatic heterocycles. The Bertz CT molecular complexity index is 507. The zero-order chi connectivity index (χ0) is 15.3. The maximum absolute atomic E-state index is 12.4. The van der Waals surface area contributed by atoms with Crippen LogP contribution >= 0.6 is 27.7 Å². The Balaban J connectivity index is 3.04. The van der Waals surface area contributed by atoms with Gasteiger partial charge in [-0.1, -0.05) is 22.9 Å². The summed E-state index contributed by atoms with van der Waals surface area (Å²) in [6.07, 6.45) is 2.87. The highest BCUT2D eigenvalue weighted by molar-refractivity contribution is 9.10. The molecule has 0 aliphatic rings. The molecule has 0 saturated heterocycles. The minimum Gasteiger partial charge on any atom is -0.478 e. The molecule has 0 heterocycles. The van der Waals surface area contributed by atoms with Crippen molar-refractivity contribution in [2.24, 2.45) is 0 Å². The van der Waals surface area contributed by atoms with Crippen LogP contribution in [0, 0.1) is 0 Å². The van der Waals surface area contributed by atoms with Gasteiger partial charge in [0.15, 0.2) is 0 Å². The van der Waals surface area contributed by atoms with Crippen LogP contribution < -0.4 is 0 Å². The second-order valence-corrected chi connectivity index (χ2v) is 6.29. The van der Waals surface area contributed by atoms with Crippen LogP contribution in [0.2, 0.25) is 0 Å². The molecule has 0 aliphatic carbocycles. The number of aromatic carboxylic acids is 1. The van der Waals surface area contributed by atoms with Gasteiger partial charge in [-0.05, 0) is 30.9 Å². The van der Waals surface area contributed by atoms with Crippen molar-refractivity contribution in [2.75, 3.05) is 19.1 Å². The second-order valence-electron chi connectivity index (χ2n) is 4.47. The van der Waals surface area contributed by atoms with E-state index in [-0.39, 0.29) is 17.5 Å². The molecule has 6 heteroatoms. The SMILES string of the molecule is CCC(CSC)N(C)C(=O)c1cc(Br)cc(C(=O)O)c1. The van der Waals surface area contributed by atoms with Gasteiger partial charge in [0, 0.05) is 28.9 Å². The largest absolute Gasteiger partial charge is 0.478 e. The summed E-state index contributed by atoms with van der Waals surface area (Å²) < 4.78 is 0.590. The first kappa shape index (κ1) is 17.0. The van der Waals surface area contributed by atoms with Crippen LogP contribution in [0.3, 0.4) is 0 Å². The number of carboxylic acids is 1. The van der Waals surface area contributed by atoms with Gasteiger partial charge in [-0.3, -0.25) is 4.79 Å². The summed E-state index contributed by atoms with van der Waals surface area (Å²) in [7, 11) is 1.76. The Morgan fingerprint density at radius 2 is 1.95 bits per heavy atom. The first-order valence-corrected chi connectivity index (χ1v) is 8.39. The number of rotatable bonds is 6. The highest BCUT2D eigenvalue weighted by Crippen LogP contribution is 2.19. The molecule has 4 nitrogen and oxygen atoms in total. The summed E-state index contributed by atoms with van der Waals surface area (Å²) >= 11 is 4.93. The lowest BCUT2D eigenvalue weighted by molar-refractivity contribution is 0.0697. The van der Waals surface area contributed by atoms with Crippen molar-refractivity contribution < 1.29 is 14.7 Å². The molecule has 1 N–H and O–H groups in total. The van der Waals surface area contributed by atoms with Gasteiger partial charge >= 0.3 is 5.97 Å². The van der Waals surface area contributed by atoms with Crippen LogP contribution in [0.1, 0.15) is 34.1 Å². The Kier molecular flexibility index (Phi) is 6.55. The molecule has 1 aromatic rings. The fourth-order valence-corrected chi connectivity index (χ4v) is 3.24. The molecule has 0 bridgehead atoms. The number of nitrogens with zero attached hydrogens (tertiary/aromatic N) is 1. The van der Waals surface area contributed by atoms with E-state index < -0.39 is 5.97 Å². The van der Waals surface area contributed by atoms with Crippen LogP contribution in [0.5, 0.6) is 0 Å². The van der Waals surface area contributed by atoms with Crippen LogP contribution in [0.4, 0.5) is 0 Å². The third-order valence-corrected chi connectivity index (χ3v) is 4.27. The summed E-state index contributed by atoms with van der Waals surface area (Å²) in [6, 6.07) is 4.69. The molecule has 1 atom stereocenters. The first-order valence-electron chi connectivity index (χ1n) is 6.20. The van der Waals surface area contributed by atoms with E-state index in [9.17, 15) is 9.59 Å². The zero-order valence-electron chi connectivity index (χ0n) is 11.7. The lowest BCUT2D eigenvalue weighted by atomic mass is 10.1. The van der Waals surface area contributed by atoms with Crippen LogP contribution in [0.15, 0.2) is 22.7 Å². The molecule has 1 amide bonds. The molecule has 1 rings (SSSR count). The quantitative estimate of drug-likeness (QED) is 0.845. The predicted molar refractivity (Wildman–Crippen MR) is 85.7 cm³/mol. The highest BCUT2D eigenvalue weighted by atomic mass is 79.9. The Morgan fingerprint density at radius 3 is 2.45 bits per heavy atom. The van der Waals surface area contributed by atoms with Gasteiger partial charge in [0.1, 0.15) is 0 Å². The summed E-state index contributed by atoms with van der Waals surface area (Å²) in [5.74, 6) is -0.340. The first-order chi connectivity index (χ1) is 9.40. The second kappa shape index (κ2) is 7.69. The zero-order valence-corrected chi connectivity index (χ0v) is 14.1. The minimum atomic E-state index is -1.04. The third kappa shape index (κ3) is 4.24. The highest BCUT2D eigenvalue weighted by Gasteiger charge is 2.20. The lowest BCUT2D eigenvalue weighted by Gasteiger charge is -2.27. The van der Waals surface area contributed by atoms with E-state index in [0.29, 0.717) is 10.0 Å². The molecule has 1 aromatic carbocycles. The maximum Gasteiger partial charge on any atom is 0.335 e. The maximum atomic E-state index is 12.4. The molecule has 0 aromatic heterocycles. The Labute approximate surface area is 131 Å². The van der Waals surface area contributed by atoms with E-state index in [0.717, 1.165) is 12.2 Å². The van der Waals surface area contributed by atoms with E-state index in [2.05, 4.69) is 15.9 Å². The normalized spacial score (nSPS) is 12.0.